The van der Waals surface area contributed by atoms with Crippen molar-refractivity contribution >= 4 is 26.0 Å². The third-order valence-electron chi connectivity index (χ3n) is 2.88. The lowest BCUT2D eigenvalue weighted by Crippen LogP contribution is -2.36. The van der Waals surface area contributed by atoms with E-state index in [0.29, 0.717) is 11.8 Å². The van der Waals surface area contributed by atoms with Crippen LogP contribution < -0.4 is 4.72 Å². The third kappa shape index (κ3) is 3.95. The monoisotopic (exact) mass is 373 g/mol. The molecule has 0 aliphatic heterocycles. The molecule has 1 atom stereocenters. The van der Waals surface area contributed by atoms with Crippen molar-refractivity contribution < 1.29 is 21.6 Å². The third-order valence-corrected chi connectivity index (χ3v) is 5.33. The van der Waals surface area contributed by atoms with Gasteiger partial charge in [-0.15, -0.1) is 0 Å². The maximum Gasteiger partial charge on any atom is 0.416 e. The first kappa shape index (κ1) is 17.5. The molecule has 1 aromatic rings. The van der Waals surface area contributed by atoms with Crippen LogP contribution in [-0.2, 0) is 16.2 Å². The van der Waals surface area contributed by atoms with E-state index in [-0.39, 0.29) is 16.5 Å². The van der Waals surface area contributed by atoms with Gasteiger partial charge in [-0.2, -0.15) is 13.2 Å². The lowest BCUT2D eigenvalue weighted by Gasteiger charge is -2.17. The highest BCUT2D eigenvalue weighted by atomic mass is 79.9. The van der Waals surface area contributed by atoms with Crippen molar-refractivity contribution in [3.8, 4) is 0 Å². The number of nitrogens with one attached hydrogen (secondary N) is 1. The number of sulfonamides is 1. The highest BCUT2D eigenvalue weighted by Gasteiger charge is 2.34. The van der Waals surface area contributed by atoms with Crippen LogP contribution in [0.4, 0.5) is 13.2 Å². The first-order valence-corrected chi connectivity index (χ1v) is 8.49. The lowest BCUT2D eigenvalue weighted by atomic mass is 10.1. The van der Waals surface area contributed by atoms with Crippen LogP contribution in [0.5, 0.6) is 0 Å². The SMILES string of the molecule is CCC(CBr)NS(=O)(=O)c1cccc(C(F)(F)F)c1C. The van der Waals surface area contributed by atoms with Gasteiger partial charge in [0.05, 0.1) is 10.5 Å². The summed E-state index contributed by atoms with van der Waals surface area (Å²) in [6.07, 6.45) is -4.04. The molecule has 1 aromatic carbocycles. The molecule has 1 unspecified atom stereocenters. The Bertz CT molecular complexity index is 569. The van der Waals surface area contributed by atoms with Gasteiger partial charge in [-0.25, -0.2) is 13.1 Å². The van der Waals surface area contributed by atoms with Crippen molar-refractivity contribution in [2.75, 3.05) is 5.33 Å². The maximum atomic E-state index is 12.8. The van der Waals surface area contributed by atoms with Crippen molar-refractivity contribution in [1.82, 2.24) is 4.72 Å². The van der Waals surface area contributed by atoms with E-state index in [0.717, 1.165) is 19.1 Å². The second kappa shape index (κ2) is 6.44. The van der Waals surface area contributed by atoms with Gasteiger partial charge in [0.1, 0.15) is 0 Å². The van der Waals surface area contributed by atoms with E-state index in [9.17, 15) is 21.6 Å². The van der Waals surface area contributed by atoms with E-state index in [2.05, 4.69) is 20.7 Å². The van der Waals surface area contributed by atoms with Crippen LogP contribution in [0.25, 0.3) is 0 Å². The first-order chi connectivity index (χ1) is 9.13. The second-order valence-corrected chi connectivity index (χ2v) is 6.64. The van der Waals surface area contributed by atoms with Gasteiger partial charge in [0.15, 0.2) is 0 Å². The number of halogens is 4. The normalized spacial score (nSPS) is 14.3. The predicted octanol–water partition coefficient (Wildman–Crippen LogP) is 3.47. The zero-order valence-electron chi connectivity index (χ0n) is 11.0. The number of hydrogen-bond acceptors (Lipinski definition) is 2. The van der Waals surface area contributed by atoms with Crippen LogP contribution in [0.1, 0.15) is 24.5 Å². The minimum atomic E-state index is -4.57. The molecule has 0 bridgehead atoms. The molecule has 1 rings (SSSR count). The Morgan fingerprint density at radius 1 is 1.35 bits per heavy atom. The topological polar surface area (TPSA) is 46.2 Å². The Morgan fingerprint density at radius 3 is 2.40 bits per heavy atom. The number of rotatable bonds is 5. The number of alkyl halides is 4. The molecule has 0 aromatic heterocycles. The summed E-state index contributed by atoms with van der Waals surface area (Å²) in [5.41, 5.74) is -1.23. The van der Waals surface area contributed by atoms with E-state index >= 15 is 0 Å². The Morgan fingerprint density at radius 2 is 1.95 bits per heavy atom. The molecule has 0 aliphatic rings. The van der Waals surface area contributed by atoms with Crippen molar-refractivity contribution in [1.29, 1.82) is 0 Å². The summed E-state index contributed by atoms with van der Waals surface area (Å²) in [5.74, 6) is 0. The molecule has 0 saturated heterocycles. The van der Waals surface area contributed by atoms with Crippen molar-refractivity contribution in [2.45, 2.75) is 37.4 Å². The van der Waals surface area contributed by atoms with Crippen LogP contribution in [0.3, 0.4) is 0 Å². The Hall–Kier alpha value is -0.600. The van der Waals surface area contributed by atoms with E-state index in [1.54, 1.807) is 6.92 Å². The van der Waals surface area contributed by atoms with Gasteiger partial charge in [-0.1, -0.05) is 28.9 Å². The van der Waals surface area contributed by atoms with Crippen molar-refractivity contribution in [3.63, 3.8) is 0 Å². The zero-order chi connectivity index (χ0) is 15.6. The largest absolute Gasteiger partial charge is 0.416 e. The standard InChI is InChI=1S/C12H15BrF3NO2S/c1-3-9(7-13)17-20(18,19)11-6-4-5-10(8(11)2)12(14,15)16/h4-6,9,17H,3,7H2,1-2H3. The molecule has 0 aliphatic carbocycles. The molecule has 0 radical (unpaired) electrons. The maximum absolute atomic E-state index is 12.8. The molecule has 0 fully saturated rings. The summed E-state index contributed by atoms with van der Waals surface area (Å²) in [5, 5.41) is 0.390. The summed E-state index contributed by atoms with van der Waals surface area (Å²) < 4.78 is 65.1. The van der Waals surface area contributed by atoms with Gasteiger partial charge >= 0.3 is 6.18 Å². The van der Waals surface area contributed by atoms with Crippen LogP contribution in [-0.4, -0.2) is 19.8 Å². The van der Waals surface area contributed by atoms with E-state index < -0.39 is 21.8 Å². The summed E-state index contributed by atoms with van der Waals surface area (Å²) in [6.45, 7) is 2.94. The predicted molar refractivity (Wildman–Crippen MR) is 74.4 cm³/mol. The number of benzene rings is 1. The molecule has 0 heterocycles. The minimum Gasteiger partial charge on any atom is -0.207 e. The average molecular weight is 374 g/mol. The van der Waals surface area contributed by atoms with E-state index in [1.165, 1.54) is 6.07 Å². The van der Waals surface area contributed by atoms with Gasteiger partial charge in [-0.3, -0.25) is 0 Å². The molecule has 1 N–H and O–H groups in total. The molecule has 8 heteroatoms. The van der Waals surface area contributed by atoms with E-state index in [1.807, 2.05) is 0 Å². The fourth-order valence-corrected chi connectivity index (χ4v) is 4.14. The molecule has 0 saturated carbocycles. The minimum absolute atomic E-state index is 0.295. The smallest absolute Gasteiger partial charge is 0.207 e. The summed E-state index contributed by atoms with van der Waals surface area (Å²) in [7, 11) is -3.98. The Labute approximate surface area is 124 Å². The Kier molecular flexibility index (Phi) is 5.62. The molecular weight excluding hydrogens is 359 g/mol. The van der Waals surface area contributed by atoms with Gasteiger partial charge in [0, 0.05) is 11.4 Å². The highest BCUT2D eigenvalue weighted by molar-refractivity contribution is 9.09. The molecule has 0 amide bonds. The van der Waals surface area contributed by atoms with Gasteiger partial charge in [-0.05, 0) is 31.0 Å². The molecule has 114 valence electrons. The zero-order valence-corrected chi connectivity index (χ0v) is 13.4. The molecule has 3 nitrogen and oxygen atoms in total. The number of hydrogen-bond donors (Lipinski definition) is 1. The van der Waals surface area contributed by atoms with Crippen molar-refractivity contribution in [3.05, 3.63) is 29.3 Å². The second-order valence-electron chi connectivity index (χ2n) is 4.31. The fraction of sp³-hybridized carbons (Fsp3) is 0.500. The van der Waals surface area contributed by atoms with Gasteiger partial charge < -0.3 is 0 Å². The molecular formula is C12H15BrF3NO2S. The van der Waals surface area contributed by atoms with Crippen molar-refractivity contribution in [2.24, 2.45) is 0 Å². The van der Waals surface area contributed by atoms with Crippen LogP contribution >= 0.6 is 15.9 Å². The highest BCUT2D eigenvalue weighted by Crippen LogP contribution is 2.34. The summed E-state index contributed by atoms with van der Waals surface area (Å²) >= 11 is 3.16. The quantitative estimate of drug-likeness (QED) is 0.803. The van der Waals surface area contributed by atoms with Crippen LogP contribution in [0.15, 0.2) is 23.1 Å². The van der Waals surface area contributed by atoms with Gasteiger partial charge in [0.25, 0.3) is 0 Å². The Balaban J connectivity index is 3.27. The summed E-state index contributed by atoms with van der Waals surface area (Å²) in [4.78, 5) is -0.341. The summed E-state index contributed by atoms with van der Waals surface area (Å²) in [6, 6.07) is 2.78. The van der Waals surface area contributed by atoms with Crippen LogP contribution in [0, 0.1) is 6.92 Å². The molecule has 0 spiro atoms. The van der Waals surface area contributed by atoms with E-state index in [4.69, 9.17) is 0 Å². The van der Waals surface area contributed by atoms with Gasteiger partial charge in [0.2, 0.25) is 10.0 Å². The van der Waals surface area contributed by atoms with Crippen LogP contribution in [0.2, 0.25) is 0 Å². The lowest BCUT2D eigenvalue weighted by molar-refractivity contribution is -0.138. The first-order valence-electron chi connectivity index (χ1n) is 5.88. The average Bonchev–Trinajstić information content (AvgIpc) is 2.34. The molecule has 20 heavy (non-hydrogen) atoms. The fourth-order valence-electron chi connectivity index (χ4n) is 1.72.